The lowest BCUT2D eigenvalue weighted by Gasteiger charge is -2.33. The Morgan fingerprint density at radius 3 is 2.65 bits per heavy atom. The van der Waals surface area contributed by atoms with Gasteiger partial charge in [0.25, 0.3) is 0 Å². The summed E-state index contributed by atoms with van der Waals surface area (Å²) in [5, 5.41) is 26.2. The van der Waals surface area contributed by atoms with Gasteiger partial charge in [0.1, 0.15) is 29.2 Å². The number of nitrogens with one attached hydrogen (secondary N) is 1. The first-order valence-electron chi connectivity index (χ1n) is 16.7. The van der Waals surface area contributed by atoms with Crippen molar-refractivity contribution in [1.29, 1.82) is 0 Å². The van der Waals surface area contributed by atoms with E-state index in [-0.39, 0.29) is 30.2 Å². The summed E-state index contributed by atoms with van der Waals surface area (Å²) in [5.74, 6) is 0.407. The second kappa shape index (κ2) is 14.7. The smallest absolute Gasteiger partial charge is 0.318 e. The molecular weight excluding hydrogens is 616 g/mol. The number of benzene rings is 2. The fourth-order valence-corrected chi connectivity index (χ4v) is 6.67. The number of hydrogen-bond donors (Lipinski definition) is 3. The fourth-order valence-electron chi connectivity index (χ4n) is 6.67. The van der Waals surface area contributed by atoms with Gasteiger partial charge in [-0.3, -0.25) is 4.99 Å². The van der Waals surface area contributed by atoms with Crippen LogP contribution in [0, 0.1) is 5.82 Å². The van der Waals surface area contributed by atoms with Crippen LogP contribution in [0.4, 0.5) is 14.6 Å². The minimum Gasteiger partial charge on any atom is -0.508 e. The van der Waals surface area contributed by atoms with Gasteiger partial charge in [0.05, 0.1) is 43.8 Å². The summed E-state index contributed by atoms with van der Waals surface area (Å²) < 4.78 is 38.4. The van der Waals surface area contributed by atoms with E-state index in [1.54, 1.807) is 25.1 Å². The summed E-state index contributed by atoms with van der Waals surface area (Å²) in [6, 6.07) is 6.62. The number of phenols is 1. The molecule has 0 bridgehead atoms. The molecule has 2 saturated heterocycles. The zero-order chi connectivity index (χ0) is 34.7. The molecule has 0 spiro atoms. The van der Waals surface area contributed by atoms with E-state index in [9.17, 15) is 14.6 Å². The Hall–Kier alpha value is -3.93. The van der Waals surface area contributed by atoms with Crippen molar-refractivity contribution in [3.05, 3.63) is 58.5 Å². The second-order valence-corrected chi connectivity index (χ2v) is 13.1. The van der Waals surface area contributed by atoms with Crippen molar-refractivity contribution < 1.29 is 28.5 Å². The average Bonchev–Trinajstić information content (AvgIpc) is 3.45. The molecule has 2 fully saturated rings. The van der Waals surface area contributed by atoms with E-state index in [1.165, 1.54) is 13.2 Å². The molecule has 2 aromatic carbocycles. The highest BCUT2D eigenvalue weighted by molar-refractivity contribution is 6.51. The number of methoxy groups -OCH3 is 1. The van der Waals surface area contributed by atoms with E-state index in [1.807, 2.05) is 45.6 Å². The Morgan fingerprint density at radius 2 is 2.04 bits per heavy atom. The van der Waals surface area contributed by atoms with Gasteiger partial charge in [-0.2, -0.15) is 9.97 Å². The van der Waals surface area contributed by atoms with Crippen LogP contribution >= 0.6 is 0 Å². The number of aliphatic hydroxyl groups is 1. The van der Waals surface area contributed by atoms with Gasteiger partial charge in [0, 0.05) is 30.3 Å². The van der Waals surface area contributed by atoms with Crippen LogP contribution in [0.15, 0.2) is 35.3 Å². The second-order valence-electron chi connectivity index (χ2n) is 13.1. The number of anilines is 1. The van der Waals surface area contributed by atoms with Crippen LogP contribution in [0.25, 0.3) is 27.5 Å². The zero-order valence-corrected chi connectivity index (χ0v) is 29.0. The molecule has 2 aliphatic heterocycles. The van der Waals surface area contributed by atoms with E-state index >= 15 is 4.39 Å². The van der Waals surface area contributed by atoms with Crippen molar-refractivity contribution in [2.24, 2.45) is 4.99 Å². The molecule has 1 aliphatic carbocycles. The summed E-state index contributed by atoms with van der Waals surface area (Å²) in [5.41, 5.74) is 4.70. The van der Waals surface area contributed by atoms with Gasteiger partial charge in [-0.1, -0.05) is 19.1 Å². The maximum atomic E-state index is 15.2. The number of phenolic OH excluding ortho intramolecular Hbond substituents is 1. The lowest BCUT2D eigenvalue weighted by molar-refractivity contribution is -0.0123. The van der Waals surface area contributed by atoms with Crippen molar-refractivity contribution in [3.8, 4) is 11.8 Å². The predicted molar refractivity (Wildman–Crippen MR) is 188 cm³/mol. The number of ether oxygens (including phenoxy) is 2. The third kappa shape index (κ3) is 7.23. The normalized spacial score (nSPS) is 23.1. The summed E-state index contributed by atoms with van der Waals surface area (Å²) in [4.78, 5) is 16.8. The Morgan fingerprint density at radius 1 is 1.27 bits per heavy atom. The number of rotatable bonds is 5. The molecule has 3 aliphatic rings. The number of β-amino-alcohol motifs (C(OH)–C–C–N with tert-alkyl or cyclic N) is 1. The molecule has 11 heteroatoms. The maximum Gasteiger partial charge on any atom is 0.318 e. The minimum absolute atomic E-state index is 0.0693. The molecule has 1 aromatic heterocycles. The summed E-state index contributed by atoms with van der Waals surface area (Å²) in [6.45, 7) is 14.5. The third-order valence-electron chi connectivity index (χ3n) is 8.74. The SMILES string of the molecule is C/C=C1\C(=NC(C)C)C(c2cc(O)cc3ccc(F)c(CC)c23)=C(C)c2nc(OC)nc(N3CCOCC(C)(O)C3)c21.FC1CCNC1. The Bertz CT molecular complexity index is 1760. The van der Waals surface area contributed by atoms with E-state index in [0.29, 0.717) is 67.4 Å². The number of aryl methyl sites for hydroxylation is 1. The van der Waals surface area contributed by atoms with Gasteiger partial charge < -0.3 is 29.9 Å². The van der Waals surface area contributed by atoms with Gasteiger partial charge in [-0.05, 0) is 99.7 Å². The number of nitrogens with zero attached hydrogens (tertiary/aromatic N) is 4. The molecule has 3 aromatic rings. The minimum atomic E-state index is -1.08. The molecule has 0 radical (unpaired) electrons. The average molecular weight is 664 g/mol. The standard InChI is InChI=1S/C33H39FN4O4.C4H8FN/c1-8-22-25(34)11-10-20-14-21(39)15-24(27(20)22)26-19(5)29-28(23(9-2)30(26)35-18(3)4)31(37-32(36-29)41-7)38-12-13-42-17-33(6,40)16-38;5-4-1-2-6-3-4/h9-11,14-15,18,39-40H,8,12-13,16-17H2,1-7H3;4,6H,1-3H2/b23-9-,35-30?;. The van der Waals surface area contributed by atoms with Gasteiger partial charge in [-0.15, -0.1) is 0 Å². The van der Waals surface area contributed by atoms with Crippen LogP contribution in [0.1, 0.15) is 70.3 Å². The van der Waals surface area contributed by atoms with Gasteiger partial charge in [0.2, 0.25) is 0 Å². The lowest BCUT2D eigenvalue weighted by atomic mass is 9.78. The van der Waals surface area contributed by atoms with Crippen LogP contribution < -0.4 is 15.0 Å². The number of halogens is 2. The first kappa shape index (κ1) is 35.4. The monoisotopic (exact) mass is 663 g/mol. The van der Waals surface area contributed by atoms with E-state index in [2.05, 4.69) is 5.32 Å². The first-order valence-corrected chi connectivity index (χ1v) is 16.7. The topological polar surface area (TPSA) is 112 Å². The molecule has 3 N–H and O–H groups in total. The molecule has 48 heavy (non-hydrogen) atoms. The van der Waals surface area contributed by atoms with Crippen molar-refractivity contribution in [1.82, 2.24) is 15.3 Å². The quantitative estimate of drug-likeness (QED) is 0.298. The van der Waals surface area contributed by atoms with Crippen LogP contribution in [0.3, 0.4) is 0 Å². The number of aliphatic imine (C=N–C) groups is 1. The Kier molecular flexibility index (Phi) is 10.8. The largest absolute Gasteiger partial charge is 0.508 e. The zero-order valence-electron chi connectivity index (χ0n) is 29.0. The Labute approximate surface area is 281 Å². The molecule has 2 unspecified atom stereocenters. The van der Waals surface area contributed by atoms with Gasteiger partial charge >= 0.3 is 6.01 Å². The third-order valence-corrected chi connectivity index (χ3v) is 8.74. The highest BCUT2D eigenvalue weighted by atomic mass is 19.1. The molecule has 6 rings (SSSR count). The fraction of sp³-hybridized carbons (Fsp3) is 0.486. The van der Waals surface area contributed by atoms with Gasteiger partial charge in [0.15, 0.2) is 0 Å². The maximum absolute atomic E-state index is 15.2. The molecule has 0 amide bonds. The lowest BCUT2D eigenvalue weighted by Crippen LogP contribution is -2.42. The molecule has 258 valence electrons. The molecular formula is C37H47F2N5O4. The number of fused-ring (bicyclic) bond motifs is 2. The molecule has 2 atom stereocenters. The number of hydrogen-bond acceptors (Lipinski definition) is 9. The van der Waals surface area contributed by atoms with Crippen LogP contribution in [-0.2, 0) is 11.2 Å². The van der Waals surface area contributed by atoms with Crippen LogP contribution in [0.5, 0.6) is 11.8 Å². The summed E-state index contributed by atoms with van der Waals surface area (Å²) >= 11 is 0. The van der Waals surface area contributed by atoms with Crippen LogP contribution in [-0.4, -0.2) is 90.2 Å². The van der Waals surface area contributed by atoms with Crippen molar-refractivity contribution in [2.45, 2.75) is 72.2 Å². The highest BCUT2D eigenvalue weighted by Crippen LogP contribution is 2.47. The van der Waals surface area contributed by atoms with E-state index < -0.39 is 11.8 Å². The summed E-state index contributed by atoms with van der Waals surface area (Å²) in [6.07, 6.45) is 2.61. The Balaban J connectivity index is 0.000000677. The number of aromatic hydroxyl groups is 1. The summed E-state index contributed by atoms with van der Waals surface area (Å²) in [7, 11) is 1.53. The molecule has 3 heterocycles. The van der Waals surface area contributed by atoms with E-state index in [4.69, 9.17) is 24.4 Å². The van der Waals surface area contributed by atoms with Crippen LogP contribution in [0.2, 0.25) is 0 Å². The highest BCUT2D eigenvalue weighted by Gasteiger charge is 2.37. The molecule has 9 nitrogen and oxygen atoms in total. The number of allylic oxidation sites excluding steroid dienone is 4. The number of alkyl halides is 1. The van der Waals surface area contributed by atoms with Gasteiger partial charge in [-0.25, -0.2) is 8.78 Å². The predicted octanol–water partition coefficient (Wildman–Crippen LogP) is 6.15. The van der Waals surface area contributed by atoms with E-state index in [0.717, 1.165) is 39.6 Å². The molecule has 0 saturated carbocycles. The van der Waals surface area contributed by atoms with Crippen molar-refractivity contribution in [2.75, 3.05) is 51.4 Å². The van der Waals surface area contributed by atoms with Crippen molar-refractivity contribution in [3.63, 3.8) is 0 Å². The van der Waals surface area contributed by atoms with Crippen molar-refractivity contribution >= 4 is 39.0 Å². The first-order chi connectivity index (χ1) is 22.9. The number of aromatic nitrogens is 2.